The van der Waals surface area contributed by atoms with Crippen molar-refractivity contribution in [2.75, 3.05) is 5.75 Å². The Morgan fingerprint density at radius 2 is 1.46 bits per heavy atom. The molecule has 0 aromatic heterocycles. The van der Waals surface area contributed by atoms with Gasteiger partial charge in [0.05, 0.1) is 0 Å². The molecular weight excluding hydrogens is 332 g/mol. The van der Waals surface area contributed by atoms with Crippen molar-refractivity contribution in [3.05, 3.63) is 0 Å². The second-order valence-corrected chi connectivity index (χ2v) is 11.5. The van der Waals surface area contributed by atoms with Crippen LogP contribution in [0.1, 0.15) is 117 Å². The van der Waals surface area contributed by atoms with Crippen LogP contribution < -0.4 is 0 Å². The average molecular weight is 379 g/mol. The van der Waals surface area contributed by atoms with Crippen molar-refractivity contribution < 1.29 is 0 Å². The summed E-state index contributed by atoms with van der Waals surface area (Å²) < 4.78 is 0.681. The Hall–Kier alpha value is 0.350. The van der Waals surface area contributed by atoms with E-state index in [1.165, 1.54) is 70.0 Å². The van der Waals surface area contributed by atoms with Gasteiger partial charge in [-0.25, -0.2) is 0 Å². The number of fused-ring (bicyclic) bond motifs is 3. The fraction of sp³-hybridized carbons (Fsp3) is 1.00. The molecule has 3 saturated carbocycles. The molecule has 0 nitrogen and oxygen atoms in total. The number of unbranched alkanes of at least 4 members (excludes halogenated alkanes) is 2. The van der Waals surface area contributed by atoms with Crippen LogP contribution in [0.3, 0.4) is 0 Å². The maximum Gasteiger partial charge on any atom is 0.0221 e. The molecule has 5 unspecified atom stereocenters. The molecule has 0 N–H and O–H groups in total. The third kappa shape index (κ3) is 4.49. The lowest BCUT2D eigenvalue weighted by molar-refractivity contribution is 0.184. The third-order valence-corrected chi connectivity index (χ3v) is 10.4. The molecule has 5 atom stereocenters. The Morgan fingerprint density at radius 1 is 0.846 bits per heavy atom. The normalized spacial score (nSPS) is 38.0. The van der Waals surface area contributed by atoms with Crippen molar-refractivity contribution in [1.29, 1.82) is 0 Å². The Bertz CT molecular complexity index is 381. The first-order chi connectivity index (χ1) is 12.7. The molecule has 3 aliphatic rings. The third-order valence-electron chi connectivity index (χ3n) is 8.52. The van der Waals surface area contributed by atoms with Gasteiger partial charge in [0, 0.05) is 4.75 Å². The zero-order valence-electron chi connectivity index (χ0n) is 18.1. The Kier molecular flexibility index (Phi) is 8.28. The molecule has 1 heteroatoms. The van der Waals surface area contributed by atoms with E-state index in [2.05, 4.69) is 32.5 Å². The van der Waals surface area contributed by atoms with Crippen LogP contribution in [-0.2, 0) is 0 Å². The van der Waals surface area contributed by atoms with E-state index in [1.807, 2.05) is 0 Å². The second-order valence-electron chi connectivity index (χ2n) is 10.0. The standard InChI is InChI=1S/C25H46S/c1-4-6-19-26-25(18-12-11-13-20(3)5-2)23-16-9-7-14-21(23)22-15-8-10-17-24(22)25/h20-24H,4-19H2,1-3H3. The highest BCUT2D eigenvalue weighted by Crippen LogP contribution is 2.65. The van der Waals surface area contributed by atoms with E-state index < -0.39 is 0 Å². The molecule has 152 valence electrons. The molecule has 3 rings (SSSR count). The van der Waals surface area contributed by atoms with Gasteiger partial charge in [-0.15, -0.1) is 0 Å². The van der Waals surface area contributed by atoms with Crippen molar-refractivity contribution in [3.63, 3.8) is 0 Å². The number of thioether (sulfide) groups is 1. The fourth-order valence-corrected chi connectivity index (χ4v) is 9.11. The summed E-state index contributed by atoms with van der Waals surface area (Å²) >= 11 is 2.49. The van der Waals surface area contributed by atoms with Crippen LogP contribution in [0.2, 0.25) is 0 Å². The first-order valence-corrected chi connectivity index (χ1v) is 13.4. The van der Waals surface area contributed by atoms with Gasteiger partial charge >= 0.3 is 0 Å². The van der Waals surface area contributed by atoms with Crippen molar-refractivity contribution in [2.24, 2.45) is 29.6 Å². The maximum atomic E-state index is 2.49. The summed E-state index contributed by atoms with van der Waals surface area (Å²) in [5, 5.41) is 0. The monoisotopic (exact) mass is 378 g/mol. The van der Waals surface area contributed by atoms with E-state index in [0.717, 1.165) is 29.6 Å². The predicted molar refractivity (Wildman–Crippen MR) is 119 cm³/mol. The summed E-state index contributed by atoms with van der Waals surface area (Å²) in [4.78, 5) is 0. The zero-order valence-corrected chi connectivity index (χ0v) is 18.9. The van der Waals surface area contributed by atoms with E-state index in [1.54, 1.807) is 32.1 Å². The van der Waals surface area contributed by atoms with E-state index in [9.17, 15) is 0 Å². The lowest BCUT2D eigenvalue weighted by Gasteiger charge is -2.44. The van der Waals surface area contributed by atoms with Gasteiger partial charge in [-0.2, -0.15) is 11.8 Å². The second kappa shape index (κ2) is 10.2. The van der Waals surface area contributed by atoms with Gasteiger partial charge in [0.1, 0.15) is 0 Å². The molecule has 0 saturated heterocycles. The highest BCUT2D eigenvalue weighted by molar-refractivity contribution is 8.00. The van der Waals surface area contributed by atoms with E-state index in [-0.39, 0.29) is 0 Å². The Balaban J connectivity index is 1.73. The number of hydrogen-bond acceptors (Lipinski definition) is 1. The van der Waals surface area contributed by atoms with Gasteiger partial charge in [0.15, 0.2) is 0 Å². The molecule has 0 aromatic rings. The highest BCUT2D eigenvalue weighted by atomic mass is 32.2. The minimum atomic E-state index is 0.681. The Labute approximate surface area is 169 Å². The van der Waals surface area contributed by atoms with Crippen molar-refractivity contribution in [3.8, 4) is 0 Å². The molecule has 0 radical (unpaired) electrons. The molecule has 0 spiro atoms. The van der Waals surface area contributed by atoms with E-state index >= 15 is 0 Å². The quantitative estimate of drug-likeness (QED) is 0.343. The van der Waals surface area contributed by atoms with Crippen LogP contribution in [-0.4, -0.2) is 10.5 Å². The Morgan fingerprint density at radius 3 is 2.04 bits per heavy atom. The summed E-state index contributed by atoms with van der Waals surface area (Å²) in [5.74, 6) is 6.75. The van der Waals surface area contributed by atoms with E-state index in [4.69, 9.17) is 0 Å². The fourth-order valence-electron chi connectivity index (χ4n) is 6.99. The minimum absolute atomic E-state index is 0.681. The van der Waals surface area contributed by atoms with Crippen molar-refractivity contribution in [2.45, 2.75) is 122 Å². The lowest BCUT2D eigenvalue weighted by Crippen LogP contribution is -2.40. The summed E-state index contributed by atoms with van der Waals surface area (Å²) in [5.41, 5.74) is 0. The molecule has 0 heterocycles. The van der Waals surface area contributed by atoms with Gasteiger partial charge in [-0.05, 0) is 73.9 Å². The number of hydrogen-bond donors (Lipinski definition) is 0. The molecule has 3 aliphatic carbocycles. The van der Waals surface area contributed by atoms with Crippen molar-refractivity contribution >= 4 is 11.8 Å². The zero-order chi connectivity index (χ0) is 18.4. The van der Waals surface area contributed by atoms with Gasteiger partial charge in [0.25, 0.3) is 0 Å². The van der Waals surface area contributed by atoms with Crippen molar-refractivity contribution in [1.82, 2.24) is 0 Å². The summed E-state index contributed by atoms with van der Waals surface area (Å²) in [7, 11) is 0. The maximum absolute atomic E-state index is 2.49. The molecular formula is C25H46S. The molecule has 0 aromatic carbocycles. The van der Waals surface area contributed by atoms with Crippen LogP contribution in [0.4, 0.5) is 0 Å². The topological polar surface area (TPSA) is 0 Å². The first kappa shape index (κ1) is 21.1. The van der Waals surface area contributed by atoms with Crippen LogP contribution in [0.25, 0.3) is 0 Å². The first-order valence-electron chi connectivity index (χ1n) is 12.4. The average Bonchev–Trinajstić information content (AvgIpc) is 2.96. The van der Waals surface area contributed by atoms with Gasteiger partial charge < -0.3 is 0 Å². The van der Waals surface area contributed by atoms with Crippen LogP contribution in [0.5, 0.6) is 0 Å². The largest absolute Gasteiger partial charge is 0.155 e. The van der Waals surface area contributed by atoms with Crippen LogP contribution in [0.15, 0.2) is 0 Å². The molecule has 0 aliphatic heterocycles. The summed E-state index contributed by atoms with van der Waals surface area (Å²) in [6, 6.07) is 0. The van der Waals surface area contributed by atoms with Gasteiger partial charge in [-0.3, -0.25) is 0 Å². The molecule has 3 fully saturated rings. The lowest BCUT2D eigenvalue weighted by atomic mass is 9.73. The predicted octanol–water partition coefficient (Wildman–Crippen LogP) is 8.49. The molecule has 0 amide bonds. The SMILES string of the molecule is CCCCSC1(CCCCC(C)CC)C2CCCCC2C2CCCCC21. The highest BCUT2D eigenvalue weighted by Gasteiger charge is 2.59. The van der Waals surface area contributed by atoms with Crippen LogP contribution in [0, 0.1) is 29.6 Å². The summed E-state index contributed by atoms with van der Waals surface area (Å²) in [6.07, 6.45) is 22.6. The smallest absolute Gasteiger partial charge is 0.0221 e. The molecule has 26 heavy (non-hydrogen) atoms. The van der Waals surface area contributed by atoms with Gasteiger partial charge in [-0.1, -0.05) is 78.6 Å². The minimum Gasteiger partial charge on any atom is -0.155 e. The number of rotatable bonds is 10. The summed E-state index contributed by atoms with van der Waals surface area (Å²) in [6.45, 7) is 7.19. The van der Waals surface area contributed by atoms with Crippen LogP contribution >= 0.6 is 11.8 Å². The van der Waals surface area contributed by atoms with E-state index in [0.29, 0.717) is 4.75 Å². The van der Waals surface area contributed by atoms with Gasteiger partial charge in [0.2, 0.25) is 0 Å². The molecule has 0 bridgehead atoms.